The number of carbonyl (C=O) groups is 4. The van der Waals surface area contributed by atoms with Crippen LogP contribution in [0.2, 0.25) is 0 Å². The fraction of sp³-hybridized carbons (Fsp3) is 0.950. The first kappa shape index (κ1) is 97.1. The molecular formula is C80H156O17P2. The molecule has 0 spiro atoms. The van der Waals surface area contributed by atoms with Crippen LogP contribution in [0.4, 0.5) is 0 Å². The molecule has 0 aliphatic heterocycles. The van der Waals surface area contributed by atoms with Crippen molar-refractivity contribution >= 4 is 39.5 Å². The van der Waals surface area contributed by atoms with Crippen LogP contribution in [0, 0.1) is 11.8 Å². The van der Waals surface area contributed by atoms with Gasteiger partial charge < -0.3 is 33.8 Å². The van der Waals surface area contributed by atoms with E-state index in [4.69, 9.17) is 37.0 Å². The first-order valence-corrected chi connectivity index (χ1v) is 44.5. The zero-order valence-corrected chi connectivity index (χ0v) is 66.6. The molecule has 0 aliphatic carbocycles. The van der Waals surface area contributed by atoms with Gasteiger partial charge in [0.25, 0.3) is 0 Å². The van der Waals surface area contributed by atoms with Gasteiger partial charge in [-0.25, -0.2) is 9.13 Å². The van der Waals surface area contributed by atoms with Crippen molar-refractivity contribution in [1.82, 2.24) is 0 Å². The van der Waals surface area contributed by atoms with Gasteiger partial charge in [-0.3, -0.25) is 37.3 Å². The predicted octanol–water partition coefficient (Wildman–Crippen LogP) is 23.9. The molecule has 0 heterocycles. The fourth-order valence-corrected chi connectivity index (χ4v) is 13.9. The highest BCUT2D eigenvalue weighted by Crippen LogP contribution is 2.45. The lowest BCUT2D eigenvalue weighted by Gasteiger charge is -2.21. The smallest absolute Gasteiger partial charge is 0.462 e. The molecule has 0 saturated carbocycles. The van der Waals surface area contributed by atoms with Crippen LogP contribution in [0.15, 0.2) is 0 Å². The van der Waals surface area contributed by atoms with E-state index in [1.807, 2.05) is 0 Å². The van der Waals surface area contributed by atoms with Crippen molar-refractivity contribution < 1.29 is 80.2 Å². The zero-order chi connectivity index (χ0) is 72.8. The zero-order valence-electron chi connectivity index (χ0n) is 64.8. The predicted molar refractivity (Wildman–Crippen MR) is 405 cm³/mol. The molecule has 0 aromatic rings. The molecule has 0 aromatic carbocycles. The van der Waals surface area contributed by atoms with Crippen LogP contribution in [0.5, 0.6) is 0 Å². The lowest BCUT2D eigenvalue weighted by Crippen LogP contribution is -2.30. The summed E-state index contributed by atoms with van der Waals surface area (Å²) in [6.45, 7) is 9.65. The van der Waals surface area contributed by atoms with Crippen molar-refractivity contribution in [2.75, 3.05) is 39.6 Å². The fourth-order valence-electron chi connectivity index (χ4n) is 12.3. The Morgan fingerprint density at radius 2 is 0.515 bits per heavy atom. The number of unbranched alkanes of at least 4 members (excludes halogenated alkanes) is 48. The van der Waals surface area contributed by atoms with Crippen LogP contribution in [0.25, 0.3) is 0 Å². The Morgan fingerprint density at radius 3 is 0.768 bits per heavy atom. The molecule has 0 fully saturated rings. The Balaban J connectivity index is 5.25. The van der Waals surface area contributed by atoms with Crippen molar-refractivity contribution in [3.05, 3.63) is 0 Å². The molecule has 0 rings (SSSR count). The Hall–Kier alpha value is -1.94. The highest BCUT2D eigenvalue weighted by molar-refractivity contribution is 7.47. The number of esters is 4. The van der Waals surface area contributed by atoms with Gasteiger partial charge in [0, 0.05) is 25.7 Å². The molecule has 6 atom stereocenters. The molecule has 99 heavy (non-hydrogen) atoms. The van der Waals surface area contributed by atoms with Crippen LogP contribution < -0.4 is 0 Å². The van der Waals surface area contributed by atoms with Crippen molar-refractivity contribution in [2.24, 2.45) is 11.8 Å². The maximum absolute atomic E-state index is 13.1. The van der Waals surface area contributed by atoms with E-state index in [1.54, 1.807) is 0 Å². The van der Waals surface area contributed by atoms with Crippen LogP contribution in [-0.4, -0.2) is 96.7 Å². The van der Waals surface area contributed by atoms with Gasteiger partial charge in [0.2, 0.25) is 0 Å². The molecule has 19 heteroatoms. The summed E-state index contributed by atoms with van der Waals surface area (Å²) < 4.78 is 68.7. The molecule has 3 N–H and O–H groups in total. The minimum absolute atomic E-state index is 0.107. The summed E-state index contributed by atoms with van der Waals surface area (Å²) in [5.74, 6) is -0.536. The van der Waals surface area contributed by atoms with Gasteiger partial charge in [-0.1, -0.05) is 369 Å². The second-order valence-corrected chi connectivity index (χ2v) is 32.4. The largest absolute Gasteiger partial charge is 0.472 e. The standard InChI is InChI=1S/C80H156O17P2/c1-7-10-12-14-16-18-20-22-23-24-25-30-33-37-44-50-56-62-77(82)90-68-75(96-80(85)65-59-53-47-39-35-31-27-26-29-32-36-43-49-55-61-73(6)9-3)70-94-98(86,87)92-66-74(81)67-93-99(88,89)95-71-76(69-91-78(83)63-57-51-45-41-40-42-48-54-60-72(4)5)97-79(84)64-58-52-46-38-34-28-21-19-17-15-13-11-8-2/h72-76,81H,7-71H2,1-6H3,(H,86,87)(H,88,89)/t73?,74-,75-,76-/m1/s1. The summed E-state index contributed by atoms with van der Waals surface area (Å²) >= 11 is 0. The molecule has 3 unspecified atom stereocenters. The quantitative estimate of drug-likeness (QED) is 0.0222. The Kier molecular flexibility index (Phi) is 70.3. The minimum Gasteiger partial charge on any atom is -0.462 e. The van der Waals surface area contributed by atoms with E-state index in [0.29, 0.717) is 25.7 Å². The number of hydrogen-bond donors (Lipinski definition) is 3. The van der Waals surface area contributed by atoms with Crippen molar-refractivity contribution in [3.8, 4) is 0 Å². The summed E-state index contributed by atoms with van der Waals surface area (Å²) in [5.41, 5.74) is 0. The van der Waals surface area contributed by atoms with E-state index in [-0.39, 0.29) is 25.7 Å². The van der Waals surface area contributed by atoms with E-state index in [0.717, 1.165) is 102 Å². The summed E-state index contributed by atoms with van der Waals surface area (Å²) in [7, 11) is -9.92. The molecule has 0 amide bonds. The van der Waals surface area contributed by atoms with Gasteiger partial charge in [-0.05, 0) is 37.5 Å². The third kappa shape index (κ3) is 72.8. The van der Waals surface area contributed by atoms with Gasteiger partial charge >= 0.3 is 39.5 Å². The highest BCUT2D eigenvalue weighted by Gasteiger charge is 2.30. The SMILES string of the molecule is CCCCCCCCCCCCCCCCCCCC(=O)OC[C@H](COP(=O)(O)OC[C@@H](O)COP(=O)(O)OC[C@@H](COC(=O)CCCCCCCCCCC(C)C)OC(=O)CCCCCCCCCCCCCCC)OC(=O)CCCCCCCCCCCCCCCCC(C)CC. The van der Waals surface area contributed by atoms with Gasteiger partial charge in [-0.2, -0.15) is 0 Å². The van der Waals surface area contributed by atoms with E-state index in [9.17, 15) is 43.2 Å². The highest BCUT2D eigenvalue weighted by atomic mass is 31.2. The molecule has 0 radical (unpaired) electrons. The lowest BCUT2D eigenvalue weighted by molar-refractivity contribution is -0.161. The number of ether oxygens (including phenoxy) is 4. The normalized spacial score (nSPS) is 14.2. The average Bonchev–Trinajstić information content (AvgIpc) is 1.01. The van der Waals surface area contributed by atoms with Crippen LogP contribution in [-0.2, 0) is 65.4 Å². The van der Waals surface area contributed by atoms with E-state index >= 15 is 0 Å². The second kappa shape index (κ2) is 71.7. The lowest BCUT2D eigenvalue weighted by atomic mass is 9.99. The van der Waals surface area contributed by atoms with Crippen LogP contribution >= 0.6 is 15.6 Å². The van der Waals surface area contributed by atoms with E-state index in [1.165, 1.54) is 238 Å². The molecule has 0 aliphatic rings. The first-order valence-electron chi connectivity index (χ1n) is 41.5. The minimum atomic E-state index is -4.96. The maximum Gasteiger partial charge on any atom is 0.472 e. The Bertz CT molecular complexity index is 1910. The summed E-state index contributed by atoms with van der Waals surface area (Å²) in [5, 5.41) is 10.6. The summed E-state index contributed by atoms with van der Waals surface area (Å²) in [6.07, 6.45) is 60.9. The maximum atomic E-state index is 13.1. The number of aliphatic hydroxyl groups is 1. The topological polar surface area (TPSA) is 237 Å². The van der Waals surface area contributed by atoms with Gasteiger partial charge in [0.1, 0.15) is 19.3 Å². The average molecular weight is 1450 g/mol. The van der Waals surface area contributed by atoms with Gasteiger partial charge in [0.15, 0.2) is 12.2 Å². The molecular weight excluding hydrogens is 1290 g/mol. The summed E-state index contributed by atoms with van der Waals surface area (Å²) in [4.78, 5) is 73.0. The van der Waals surface area contributed by atoms with Crippen LogP contribution in [0.3, 0.4) is 0 Å². The van der Waals surface area contributed by atoms with E-state index in [2.05, 4.69) is 41.5 Å². The number of phosphoric acid groups is 2. The Morgan fingerprint density at radius 1 is 0.293 bits per heavy atom. The molecule has 0 aromatic heterocycles. The van der Waals surface area contributed by atoms with Crippen molar-refractivity contribution in [2.45, 2.75) is 439 Å². The third-order valence-corrected chi connectivity index (χ3v) is 21.0. The second-order valence-electron chi connectivity index (χ2n) is 29.5. The number of aliphatic hydroxyl groups excluding tert-OH is 1. The third-order valence-electron chi connectivity index (χ3n) is 19.1. The molecule has 0 saturated heterocycles. The van der Waals surface area contributed by atoms with E-state index < -0.39 is 97.5 Å². The first-order chi connectivity index (χ1) is 47.9. The van der Waals surface area contributed by atoms with Gasteiger partial charge in [0.05, 0.1) is 26.4 Å². The van der Waals surface area contributed by atoms with Crippen molar-refractivity contribution in [1.29, 1.82) is 0 Å². The molecule has 0 bridgehead atoms. The molecule has 588 valence electrons. The van der Waals surface area contributed by atoms with Crippen molar-refractivity contribution in [3.63, 3.8) is 0 Å². The monoisotopic (exact) mass is 1450 g/mol. The number of carbonyl (C=O) groups excluding carboxylic acids is 4. The molecule has 17 nitrogen and oxygen atoms in total. The van der Waals surface area contributed by atoms with Gasteiger partial charge in [-0.15, -0.1) is 0 Å². The number of rotatable bonds is 79. The number of hydrogen-bond acceptors (Lipinski definition) is 15. The Labute approximate surface area is 607 Å². The number of phosphoric ester groups is 2. The summed E-state index contributed by atoms with van der Waals surface area (Å²) in [6, 6.07) is 0. The van der Waals surface area contributed by atoms with Crippen LogP contribution in [0.1, 0.15) is 420 Å².